The van der Waals surface area contributed by atoms with E-state index in [1.54, 1.807) is 0 Å². The topological polar surface area (TPSA) is 24.1 Å². The first kappa shape index (κ1) is 16.5. The van der Waals surface area contributed by atoms with Crippen molar-refractivity contribution in [2.75, 3.05) is 6.54 Å². The van der Waals surface area contributed by atoms with E-state index in [0.29, 0.717) is 5.11 Å². The second-order valence-electron chi connectivity index (χ2n) is 5.45. The minimum absolute atomic E-state index is 0.211. The maximum Gasteiger partial charge on any atom is 0.166 e. The molecule has 2 aromatic rings. The van der Waals surface area contributed by atoms with Crippen molar-refractivity contribution in [3.05, 3.63) is 71.3 Å². The van der Waals surface area contributed by atoms with Gasteiger partial charge in [-0.15, -0.1) is 0 Å². The van der Waals surface area contributed by atoms with E-state index in [0.717, 1.165) is 19.4 Å². The van der Waals surface area contributed by atoms with E-state index in [9.17, 15) is 0 Å². The van der Waals surface area contributed by atoms with E-state index in [1.165, 1.54) is 16.7 Å². The highest BCUT2D eigenvalue weighted by Gasteiger charge is 2.06. The SMILES string of the molecule is CCc1ccc(C(C)NC(=S)NCCc2ccccc2)cc1. The van der Waals surface area contributed by atoms with Crippen LogP contribution in [-0.4, -0.2) is 11.7 Å². The molecule has 0 amide bonds. The fourth-order valence-electron chi connectivity index (χ4n) is 2.34. The third-order valence-corrected chi connectivity index (χ3v) is 4.04. The van der Waals surface area contributed by atoms with Crippen LogP contribution < -0.4 is 10.6 Å². The normalized spacial score (nSPS) is 11.7. The van der Waals surface area contributed by atoms with Gasteiger partial charge in [0.1, 0.15) is 0 Å². The van der Waals surface area contributed by atoms with Crippen LogP contribution in [0.5, 0.6) is 0 Å². The molecule has 0 aliphatic heterocycles. The van der Waals surface area contributed by atoms with Gasteiger partial charge in [-0.25, -0.2) is 0 Å². The monoisotopic (exact) mass is 312 g/mol. The Balaban J connectivity index is 1.76. The van der Waals surface area contributed by atoms with Crippen LogP contribution in [0.4, 0.5) is 0 Å². The van der Waals surface area contributed by atoms with E-state index >= 15 is 0 Å². The second-order valence-corrected chi connectivity index (χ2v) is 5.86. The van der Waals surface area contributed by atoms with Gasteiger partial charge in [-0.1, -0.05) is 61.5 Å². The van der Waals surface area contributed by atoms with Gasteiger partial charge < -0.3 is 10.6 Å². The van der Waals surface area contributed by atoms with Crippen molar-refractivity contribution in [1.82, 2.24) is 10.6 Å². The lowest BCUT2D eigenvalue weighted by atomic mass is 10.1. The Morgan fingerprint density at radius 2 is 1.68 bits per heavy atom. The molecule has 22 heavy (non-hydrogen) atoms. The first-order valence-electron chi connectivity index (χ1n) is 7.86. The Labute approximate surface area is 139 Å². The van der Waals surface area contributed by atoms with E-state index < -0.39 is 0 Å². The van der Waals surface area contributed by atoms with Gasteiger partial charge in [0.2, 0.25) is 0 Å². The molecule has 1 unspecified atom stereocenters. The molecule has 2 nitrogen and oxygen atoms in total. The lowest BCUT2D eigenvalue weighted by molar-refractivity contribution is 0.696. The van der Waals surface area contributed by atoms with Crippen LogP contribution in [0.15, 0.2) is 54.6 Å². The highest BCUT2D eigenvalue weighted by Crippen LogP contribution is 2.13. The first-order chi connectivity index (χ1) is 10.7. The molecular formula is C19H24N2S. The predicted molar refractivity (Wildman–Crippen MR) is 98.1 cm³/mol. The summed E-state index contributed by atoms with van der Waals surface area (Å²) in [6.45, 7) is 5.14. The standard InChI is InChI=1S/C19H24N2S/c1-3-16-9-11-18(12-10-16)15(2)21-19(22)20-14-13-17-7-5-4-6-8-17/h4-12,15H,3,13-14H2,1-2H3,(H2,20,21,22). The third kappa shape index (κ3) is 5.15. The summed E-state index contributed by atoms with van der Waals surface area (Å²) in [4.78, 5) is 0. The zero-order chi connectivity index (χ0) is 15.8. The molecule has 0 aliphatic rings. The smallest absolute Gasteiger partial charge is 0.166 e. The van der Waals surface area contributed by atoms with E-state index in [1.807, 2.05) is 6.07 Å². The third-order valence-electron chi connectivity index (χ3n) is 3.78. The molecule has 0 bridgehead atoms. The molecular weight excluding hydrogens is 288 g/mol. The molecule has 3 heteroatoms. The first-order valence-corrected chi connectivity index (χ1v) is 8.27. The Hall–Kier alpha value is -1.87. The van der Waals surface area contributed by atoms with E-state index in [4.69, 9.17) is 12.2 Å². The van der Waals surface area contributed by atoms with E-state index in [2.05, 4.69) is 73.0 Å². The summed E-state index contributed by atoms with van der Waals surface area (Å²) in [5, 5.41) is 7.33. The van der Waals surface area contributed by atoms with Crippen molar-refractivity contribution in [2.45, 2.75) is 32.7 Å². The van der Waals surface area contributed by atoms with Crippen LogP contribution in [0.25, 0.3) is 0 Å². The summed E-state index contributed by atoms with van der Waals surface area (Å²) >= 11 is 5.37. The summed E-state index contributed by atoms with van der Waals surface area (Å²) in [6.07, 6.45) is 2.05. The number of nitrogens with one attached hydrogen (secondary N) is 2. The highest BCUT2D eigenvalue weighted by atomic mass is 32.1. The Morgan fingerprint density at radius 1 is 1.00 bits per heavy atom. The molecule has 1 atom stereocenters. The number of hydrogen-bond donors (Lipinski definition) is 2. The minimum atomic E-state index is 0.211. The summed E-state index contributed by atoms with van der Waals surface area (Å²) in [7, 11) is 0. The van der Waals surface area contributed by atoms with Crippen molar-refractivity contribution in [3.63, 3.8) is 0 Å². The lowest BCUT2D eigenvalue weighted by Crippen LogP contribution is -2.37. The molecule has 0 aromatic heterocycles. The van der Waals surface area contributed by atoms with Gasteiger partial charge >= 0.3 is 0 Å². The highest BCUT2D eigenvalue weighted by molar-refractivity contribution is 7.80. The van der Waals surface area contributed by atoms with Gasteiger partial charge in [0, 0.05) is 6.54 Å². The average Bonchev–Trinajstić information content (AvgIpc) is 2.56. The molecule has 0 heterocycles. The fourth-order valence-corrected chi connectivity index (χ4v) is 2.62. The number of hydrogen-bond acceptors (Lipinski definition) is 1. The summed E-state index contributed by atoms with van der Waals surface area (Å²) in [5.41, 5.74) is 3.94. The van der Waals surface area contributed by atoms with Crippen LogP contribution in [0.2, 0.25) is 0 Å². The maximum atomic E-state index is 5.37. The summed E-state index contributed by atoms with van der Waals surface area (Å²) in [5.74, 6) is 0. The second kappa shape index (κ2) is 8.54. The fraction of sp³-hybridized carbons (Fsp3) is 0.316. The molecule has 0 saturated heterocycles. The molecule has 0 spiro atoms. The minimum Gasteiger partial charge on any atom is -0.362 e. The summed E-state index contributed by atoms with van der Waals surface area (Å²) in [6, 6.07) is 19.3. The lowest BCUT2D eigenvalue weighted by Gasteiger charge is -2.17. The van der Waals surface area contributed by atoms with Crippen LogP contribution in [0, 0.1) is 0 Å². The molecule has 0 saturated carbocycles. The van der Waals surface area contributed by atoms with Gasteiger partial charge in [-0.3, -0.25) is 0 Å². The predicted octanol–water partition coefficient (Wildman–Crippen LogP) is 4.02. The summed E-state index contributed by atoms with van der Waals surface area (Å²) < 4.78 is 0. The van der Waals surface area contributed by atoms with Gasteiger partial charge in [-0.2, -0.15) is 0 Å². The zero-order valence-electron chi connectivity index (χ0n) is 13.3. The quantitative estimate of drug-likeness (QED) is 0.788. The van der Waals surface area contributed by atoms with Crippen molar-refractivity contribution in [1.29, 1.82) is 0 Å². The van der Waals surface area contributed by atoms with Crippen molar-refractivity contribution >= 4 is 17.3 Å². The average molecular weight is 312 g/mol. The van der Waals surface area contributed by atoms with Crippen LogP contribution in [0.1, 0.15) is 36.6 Å². The largest absolute Gasteiger partial charge is 0.362 e. The van der Waals surface area contributed by atoms with Gasteiger partial charge in [0.05, 0.1) is 6.04 Å². The Kier molecular flexibility index (Phi) is 6.41. The van der Waals surface area contributed by atoms with Gasteiger partial charge in [0.25, 0.3) is 0 Å². The van der Waals surface area contributed by atoms with Crippen LogP contribution in [-0.2, 0) is 12.8 Å². The number of rotatable bonds is 6. The molecule has 2 N–H and O–H groups in total. The van der Waals surface area contributed by atoms with Crippen molar-refractivity contribution < 1.29 is 0 Å². The Bertz CT molecular complexity index is 578. The van der Waals surface area contributed by atoms with Crippen molar-refractivity contribution in [2.24, 2.45) is 0 Å². The van der Waals surface area contributed by atoms with Crippen LogP contribution in [0.3, 0.4) is 0 Å². The molecule has 0 aliphatic carbocycles. The number of aryl methyl sites for hydroxylation is 1. The Morgan fingerprint density at radius 3 is 2.32 bits per heavy atom. The molecule has 0 radical (unpaired) electrons. The number of thiocarbonyl (C=S) groups is 1. The van der Waals surface area contributed by atoms with Crippen LogP contribution >= 0.6 is 12.2 Å². The number of benzene rings is 2. The van der Waals surface area contributed by atoms with E-state index in [-0.39, 0.29) is 6.04 Å². The van der Waals surface area contributed by atoms with Crippen molar-refractivity contribution in [3.8, 4) is 0 Å². The molecule has 0 fully saturated rings. The van der Waals surface area contributed by atoms with Gasteiger partial charge in [0.15, 0.2) is 5.11 Å². The molecule has 116 valence electrons. The molecule has 2 aromatic carbocycles. The maximum absolute atomic E-state index is 5.37. The van der Waals surface area contributed by atoms with Gasteiger partial charge in [-0.05, 0) is 48.7 Å². The zero-order valence-corrected chi connectivity index (χ0v) is 14.1. The molecule has 2 rings (SSSR count).